The van der Waals surface area contributed by atoms with Gasteiger partial charge in [0.2, 0.25) is 11.8 Å². The van der Waals surface area contributed by atoms with Crippen molar-refractivity contribution in [3.8, 4) is 0 Å². The van der Waals surface area contributed by atoms with Crippen molar-refractivity contribution in [3.05, 3.63) is 35.9 Å². The molecule has 2 amide bonds. The van der Waals surface area contributed by atoms with Gasteiger partial charge in [0.1, 0.15) is 0 Å². The second kappa shape index (κ2) is 4.48. The molecule has 4 nitrogen and oxygen atoms in total. The van der Waals surface area contributed by atoms with Crippen LogP contribution in [-0.4, -0.2) is 35.5 Å². The monoisotopic (exact) mass is 325 g/mol. The van der Waals surface area contributed by atoms with Gasteiger partial charge in [-0.2, -0.15) is 0 Å². The first-order valence-electron chi connectivity index (χ1n) is 9.05. The third-order valence-corrected chi connectivity index (χ3v) is 7.24. The van der Waals surface area contributed by atoms with Crippen LogP contribution in [-0.2, 0) is 19.7 Å². The van der Waals surface area contributed by atoms with Crippen molar-refractivity contribution in [2.45, 2.75) is 50.0 Å². The molecule has 4 fully saturated rings. The van der Waals surface area contributed by atoms with Crippen LogP contribution in [0.3, 0.4) is 0 Å². The van der Waals surface area contributed by atoms with Gasteiger partial charge in [0.25, 0.3) is 0 Å². The number of nitrogens with zero attached hydrogens (tertiary/aromatic N) is 1. The molecule has 2 aliphatic heterocycles. The maximum absolute atomic E-state index is 13.2. The SMILES string of the molecule is CC1(c2ccccc2)CC(=O)N(C[C@]23C[C@H]2COC32CCC2)C1=O. The maximum atomic E-state index is 13.2. The Kier molecular flexibility index (Phi) is 2.73. The number of fused-ring (bicyclic) bond motifs is 2. The fraction of sp³-hybridized carbons (Fsp3) is 0.600. The zero-order valence-electron chi connectivity index (χ0n) is 14.1. The minimum Gasteiger partial charge on any atom is -0.374 e. The predicted octanol–water partition coefficient (Wildman–Crippen LogP) is 2.66. The van der Waals surface area contributed by atoms with Gasteiger partial charge in [-0.15, -0.1) is 0 Å². The van der Waals surface area contributed by atoms with E-state index in [1.54, 1.807) is 4.90 Å². The van der Waals surface area contributed by atoms with Gasteiger partial charge in [-0.3, -0.25) is 14.5 Å². The van der Waals surface area contributed by atoms with Crippen LogP contribution >= 0.6 is 0 Å². The summed E-state index contributed by atoms with van der Waals surface area (Å²) in [6.07, 6.45) is 4.79. The molecule has 24 heavy (non-hydrogen) atoms. The third-order valence-electron chi connectivity index (χ3n) is 7.24. The molecular weight excluding hydrogens is 302 g/mol. The summed E-state index contributed by atoms with van der Waals surface area (Å²) in [5.41, 5.74) is 0.241. The van der Waals surface area contributed by atoms with E-state index in [1.807, 2.05) is 37.3 Å². The fourth-order valence-corrected chi connectivity index (χ4v) is 5.40. The van der Waals surface area contributed by atoms with Crippen LogP contribution in [0.4, 0.5) is 0 Å². The highest BCUT2D eigenvalue weighted by Gasteiger charge is 2.74. The second-order valence-electron chi connectivity index (χ2n) is 8.38. The van der Waals surface area contributed by atoms with Crippen molar-refractivity contribution in [1.82, 2.24) is 4.90 Å². The molecule has 5 rings (SSSR count). The van der Waals surface area contributed by atoms with Gasteiger partial charge in [-0.1, -0.05) is 30.3 Å². The largest absolute Gasteiger partial charge is 0.374 e. The van der Waals surface area contributed by atoms with Crippen molar-refractivity contribution in [1.29, 1.82) is 0 Å². The van der Waals surface area contributed by atoms with Gasteiger partial charge < -0.3 is 4.74 Å². The first-order valence-corrected chi connectivity index (χ1v) is 9.05. The lowest BCUT2D eigenvalue weighted by Gasteiger charge is -2.46. The average Bonchev–Trinajstić information content (AvgIpc) is 3.09. The van der Waals surface area contributed by atoms with Crippen molar-refractivity contribution in [3.63, 3.8) is 0 Å². The average molecular weight is 325 g/mol. The molecule has 2 saturated carbocycles. The second-order valence-corrected chi connectivity index (χ2v) is 8.38. The summed E-state index contributed by atoms with van der Waals surface area (Å²) >= 11 is 0. The Labute approximate surface area is 142 Å². The maximum Gasteiger partial charge on any atom is 0.240 e. The first kappa shape index (κ1) is 14.6. The van der Waals surface area contributed by atoms with Gasteiger partial charge in [0.15, 0.2) is 0 Å². The zero-order chi connectivity index (χ0) is 16.6. The summed E-state index contributed by atoms with van der Waals surface area (Å²) in [5.74, 6) is 0.495. The van der Waals surface area contributed by atoms with Gasteiger partial charge in [-0.25, -0.2) is 0 Å². The smallest absolute Gasteiger partial charge is 0.240 e. The Morgan fingerprint density at radius 3 is 2.58 bits per heavy atom. The Morgan fingerprint density at radius 2 is 1.96 bits per heavy atom. The van der Waals surface area contributed by atoms with Crippen LogP contribution in [0.5, 0.6) is 0 Å². The van der Waals surface area contributed by atoms with E-state index in [0.29, 0.717) is 12.5 Å². The predicted molar refractivity (Wildman–Crippen MR) is 88.2 cm³/mol. The molecule has 2 heterocycles. The summed E-state index contributed by atoms with van der Waals surface area (Å²) in [7, 11) is 0. The normalized spacial score (nSPS) is 39.2. The number of rotatable bonds is 3. The number of hydrogen-bond donors (Lipinski definition) is 0. The molecule has 1 aromatic carbocycles. The molecule has 2 aliphatic carbocycles. The quantitative estimate of drug-likeness (QED) is 0.803. The molecule has 0 bridgehead atoms. The lowest BCUT2D eigenvalue weighted by Crippen LogP contribution is -2.52. The molecule has 1 unspecified atom stereocenters. The lowest BCUT2D eigenvalue weighted by atomic mass is 9.68. The van der Waals surface area contributed by atoms with E-state index in [2.05, 4.69) is 0 Å². The van der Waals surface area contributed by atoms with Crippen molar-refractivity contribution in [2.75, 3.05) is 13.2 Å². The number of imide groups is 1. The van der Waals surface area contributed by atoms with E-state index in [4.69, 9.17) is 4.74 Å². The van der Waals surface area contributed by atoms with Gasteiger partial charge >= 0.3 is 0 Å². The molecule has 0 radical (unpaired) electrons. The van der Waals surface area contributed by atoms with Crippen LogP contribution in [0.1, 0.15) is 44.6 Å². The highest BCUT2D eigenvalue weighted by molar-refractivity contribution is 6.08. The standard InChI is InChI=1S/C20H23NO3/c1-18(14-6-3-2-4-7-14)11-16(22)21(17(18)23)13-19-10-15(19)12-24-20(19)8-5-9-20/h2-4,6-7,15H,5,8-13H2,1H3/t15-,18?,19+/m0/s1. The molecule has 2 saturated heterocycles. The van der Waals surface area contributed by atoms with E-state index < -0.39 is 5.41 Å². The first-order chi connectivity index (χ1) is 11.5. The van der Waals surface area contributed by atoms with Crippen LogP contribution in [0.15, 0.2) is 30.3 Å². The van der Waals surface area contributed by atoms with Crippen LogP contribution in [0.2, 0.25) is 0 Å². The number of hydrogen-bond acceptors (Lipinski definition) is 3. The molecular formula is C20H23NO3. The van der Waals surface area contributed by atoms with Crippen LogP contribution in [0.25, 0.3) is 0 Å². The molecule has 0 N–H and O–H groups in total. The zero-order valence-corrected chi connectivity index (χ0v) is 14.1. The summed E-state index contributed by atoms with van der Waals surface area (Å²) in [6.45, 7) is 3.29. The van der Waals surface area contributed by atoms with Crippen molar-refractivity contribution in [2.24, 2.45) is 11.3 Å². The van der Waals surface area contributed by atoms with E-state index in [-0.39, 0.29) is 29.3 Å². The van der Waals surface area contributed by atoms with Gasteiger partial charge in [-0.05, 0) is 44.1 Å². The Hall–Kier alpha value is -1.68. The molecule has 4 aliphatic rings. The highest BCUT2D eigenvalue weighted by Crippen LogP contribution is 2.71. The Morgan fingerprint density at radius 1 is 1.21 bits per heavy atom. The Balaban J connectivity index is 1.44. The number of carbonyl (C=O) groups is 2. The number of carbonyl (C=O) groups excluding carboxylic acids is 2. The van der Waals surface area contributed by atoms with Crippen molar-refractivity contribution >= 4 is 11.8 Å². The molecule has 126 valence electrons. The van der Waals surface area contributed by atoms with Crippen molar-refractivity contribution < 1.29 is 14.3 Å². The Bertz CT molecular complexity index is 726. The molecule has 1 spiro atoms. The molecule has 1 aromatic rings. The summed E-state index contributed by atoms with van der Waals surface area (Å²) in [4.78, 5) is 27.4. The minimum atomic E-state index is -0.717. The van der Waals surface area contributed by atoms with E-state index in [9.17, 15) is 9.59 Å². The minimum absolute atomic E-state index is 0.0206. The topological polar surface area (TPSA) is 46.6 Å². The van der Waals surface area contributed by atoms with Crippen LogP contribution < -0.4 is 0 Å². The summed E-state index contributed by atoms with van der Waals surface area (Å²) in [5, 5.41) is 0. The fourth-order valence-electron chi connectivity index (χ4n) is 5.40. The van der Waals surface area contributed by atoms with Gasteiger partial charge in [0.05, 0.1) is 17.6 Å². The van der Waals surface area contributed by atoms with E-state index in [1.165, 1.54) is 6.42 Å². The number of amides is 2. The number of likely N-dealkylation sites (tertiary alicyclic amines) is 1. The molecule has 3 atom stereocenters. The number of ether oxygens (including phenoxy) is 1. The molecule has 4 heteroatoms. The highest BCUT2D eigenvalue weighted by atomic mass is 16.5. The van der Waals surface area contributed by atoms with Crippen LogP contribution in [0, 0.1) is 11.3 Å². The molecule has 0 aromatic heterocycles. The van der Waals surface area contributed by atoms with E-state index >= 15 is 0 Å². The lowest BCUT2D eigenvalue weighted by molar-refractivity contribution is -0.147. The summed E-state index contributed by atoms with van der Waals surface area (Å²) < 4.78 is 6.11. The number of benzene rings is 1. The summed E-state index contributed by atoms with van der Waals surface area (Å²) in [6, 6.07) is 9.73. The van der Waals surface area contributed by atoms with E-state index in [0.717, 1.165) is 31.4 Å². The third kappa shape index (κ3) is 1.62. The van der Waals surface area contributed by atoms with Gasteiger partial charge in [0, 0.05) is 18.4 Å².